The van der Waals surface area contributed by atoms with Crippen molar-refractivity contribution >= 4 is 11.9 Å². The van der Waals surface area contributed by atoms with Gasteiger partial charge in [-0.05, 0) is 43.9 Å². The molecule has 0 saturated heterocycles. The number of nitrogens with one attached hydrogen (secondary N) is 1. The number of fused-ring (bicyclic) bond motifs is 2. The van der Waals surface area contributed by atoms with E-state index in [-0.39, 0.29) is 17.7 Å². The Hall–Kier alpha value is -1.50. The Labute approximate surface area is 120 Å². The topological polar surface area (TPSA) is 66.4 Å². The lowest BCUT2D eigenvalue weighted by molar-refractivity contribution is -0.149. The van der Waals surface area contributed by atoms with Gasteiger partial charge in [0.2, 0.25) is 5.91 Å². The molecular formula is C16H23NO3. The average Bonchev–Trinajstić information content (AvgIpc) is 3.05. The molecule has 2 fully saturated rings. The van der Waals surface area contributed by atoms with Gasteiger partial charge in [0.05, 0.1) is 11.8 Å². The largest absolute Gasteiger partial charge is 0.481 e. The molecule has 2 saturated carbocycles. The summed E-state index contributed by atoms with van der Waals surface area (Å²) in [6.45, 7) is 3.89. The van der Waals surface area contributed by atoms with Gasteiger partial charge in [0.1, 0.15) is 5.54 Å². The number of amides is 1. The maximum atomic E-state index is 12.6. The average molecular weight is 277 g/mol. The van der Waals surface area contributed by atoms with Crippen LogP contribution in [0, 0.1) is 36.0 Å². The fourth-order valence-electron chi connectivity index (χ4n) is 4.01. The highest BCUT2D eigenvalue weighted by Crippen LogP contribution is 2.52. The Kier molecular flexibility index (Phi) is 4.08. The SMILES string of the molecule is C#CC(CC)(CC)NC(=O)[C@H]1[C@H]2CC[C@@H](C2)[C@H]1C(=O)O. The Morgan fingerprint density at radius 1 is 1.25 bits per heavy atom. The summed E-state index contributed by atoms with van der Waals surface area (Å²) < 4.78 is 0. The van der Waals surface area contributed by atoms with Crippen LogP contribution in [0.3, 0.4) is 0 Å². The predicted molar refractivity (Wildman–Crippen MR) is 75.7 cm³/mol. The number of hydrogen-bond donors (Lipinski definition) is 2. The summed E-state index contributed by atoms with van der Waals surface area (Å²) >= 11 is 0. The molecular weight excluding hydrogens is 254 g/mol. The standard InChI is InChI=1S/C16H23NO3/c1-4-16(5-2,6-3)17-14(18)12-10-7-8-11(9-10)13(12)15(19)20/h1,10-13H,5-9H2,2-3H3,(H,17,18)(H,19,20)/t10-,11-,12-,13+/m0/s1. The van der Waals surface area contributed by atoms with Crippen LogP contribution in [0.5, 0.6) is 0 Å². The van der Waals surface area contributed by atoms with Gasteiger partial charge in [-0.25, -0.2) is 0 Å². The first-order valence-electron chi connectivity index (χ1n) is 7.50. The Morgan fingerprint density at radius 3 is 2.25 bits per heavy atom. The third-order valence-electron chi connectivity index (χ3n) is 5.35. The normalized spacial score (nSPS) is 31.9. The third-order valence-corrected chi connectivity index (χ3v) is 5.35. The van der Waals surface area contributed by atoms with E-state index in [1.807, 2.05) is 13.8 Å². The molecule has 4 nitrogen and oxygen atoms in total. The Balaban J connectivity index is 2.16. The molecule has 4 heteroatoms. The molecule has 2 aliphatic rings. The molecule has 4 atom stereocenters. The monoisotopic (exact) mass is 277 g/mol. The van der Waals surface area contributed by atoms with Gasteiger partial charge in [-0.3, -0.25) is 9.59 Å². The van der Waals surface area contributed by atoms with Crippen LogP contribution < -0.4 is 5.32 Å². The van der Waals surface area contributed by atoms with E-state index in [0.717, 1.165) is 19.3 Å². The van der Waals surface area contributed by atoms with E-state index in [2.05, 4.69) is 11.2 Å². The molecule has 2 aliphatic carbocycles. The smallest absolute Gasteiger partial charge is 0.307 e. The zero-order chi connectivity index (χ0) is 14.9. The first kappa shape index (κ1) is 14.9. The van der Waals surface area contributed by atoms with Crippen LogP contribution in [-0.4, -0.2) is 22.5 Å². The second kappa shape index (κ2) is 5.47. The number of carboxylic acids is 1. The minimum Gasteiger partial charge on any atom is -0.481 e. The fraction of sp³-hybridized carbons (Fsp3) is 0.750. The van der Waals surface area contributed by atoms with E-state index in [0.29, 0.717) is 12.8 Å². The van der Waals surface area contributed by atoms with Crippen molar-refractivity contribution in [2.75, 3.05) is 0 Å². The van der Waals surface area contributed by atoms with Gasteiger partial charge < -0.3 is 10.4 Å². The molecule has 110 valence electrons. The summed E-state index contributed by atoms with van der Waals surface area (Å²) in [6.07, 6.45) is 9.65. The number of carbonyl (C=O) groups excluding carboxylic acids is 1. The molecule has 2 rings (SSSR count). The van der Waals surface area contributed by atoms with Gasteiger partial charge >= 0.3 is 5.97 Å². The summed E-state index contributed by atoms with van der Waals surface area (Å²) in [6, 6.07) is 0. The van der Waals surface area contributed by atoms with Crippen LogP contribution in [0.25, 0.3) is 0 Å². The van der Waals surface area contributed by atoms with Crippen molar-refractivity contribution in [3.63, 3.8) is 0 Å². The van der Waals surface area contributed by atoms with E-state index in [1.165, 1.54) is 0 Å². The molecule has 2 N–H and O–H groups in total. The van der Waals surface area contributed by atoms with E-state index in [9.17, 15) is 14.7 Å². The molecule has 20 heavy (non-hydrogen) atoms. The van der Waals surface area contributed by atoms with Gasteiger partial charge in [0.15, 0.2) is 0 Å². The van der Waals surface area contributed by atoms with Crippen molar-refractivity contribution < 1.29 is 14.7 Å². The summed E-state index contributed by atoms with van der Waals surface area (Å²) in [5.74, 6) is 1.12. The molecule has 0 radical (unpaired) electrons. The molecule has 0 unspecified atom stereocenters. The van der Waals surface area contributed by atoms with Gasteiger partial charge in [-0.2, -0.15) is 0 Å². The van der Waals surface area contributed by atoms with Crippen LogP contribution in [0.1, 0.15) is 46.0 Å². The molecule has 0 aromatic carbocycles. The fourth-order valence-corrected chi connectivity index (χ4v) is 4.01. The Morgan fingerprint density at radius 2 is 1.80 bits per heavy atom. The summed E-state index contributed by atoms with van der Waals surface area (Å²) in [5, 5.41) is 12.4. The van der Waals surface area contributed by atoms with Crippen LogP contribution >= 0.6 is 0 Å². The summed E-state index contributed by atoms with van der Waals surface area (Å²) in [5.41, 5.74) is -0.637. The molecule has 0 heterocycles. The zero-order valence-corrected chi connectivity index (χ0v) is 12.2. The van der Waals surface area contributed by atoms with Gasteiger partial charge in [-0.15, -0.1) is 6.42 Å². The number of carbonyl (C=O) groups is 2. The number of carboxylic acid groups (broad SMARTS) is 1. The van der Waals surface area contributed by atoms with Gasteiger partial charge in [-0.1, -0.05) is 19.8 Å². The van der Waals surface area contributed by atoms with E-state index >= 15 is 0 Å². The highest BCUT2D eigenvalue weighted by molar-refractivity contribution is 5.87. The zero-order valence-electron chi connectivity index (χ0n) is 12.2. The quantitative estimate of drug-likeness (QED) is 0.756. The van der Waals surface area contributed by atoms with E-state index in [4.69, 9.17) is 6.42 Å². The van der Waals surface area contributed by atoms with Crippen LogP contribution in [0.15, 0.2) is 0 Å². The second-order valence-corrected chi connectivity index (χ2v) is 6.15. The van der Waals surface area contributed by atoms with Crippen molar-refractivity contribution in [2.24, 2.45) is 23.7 Å². The third kappa shape index (κ3) is 2.30. The lowest BCUT2D eigenvalue weighted by atomic mass is 9.78. The Bertz CT molecular complexity index is 447. The van der Waals surface area contributed by atoms with Crippen molar-refractivity contribution in [1.29, 1.82) is 0 Å². The highest BCUT2D eigenvalue weighted by atomic mass is 16.4. The molecule has 0 aromatic rings. The van der Waals surface area contributed by atoms with E-state index in [1.54, 1.807) is 0 Å². The number of aliphatic carboxylic acids is 1. The highest BCUT2D eigenvalue weighted by Gasteiger charge is 2.54. The van der Waals surface area contributed by atoms with Crippen LogP contribution in [0.4, 0.5) is 0 Å². The van der Waals surface area contributed by atoms with Crippen LogP contribution in [-0.2, 0) is 9.59 Å². The number of terminal acetylenes is 1. The van der Waals surface area contributed by atoms with Crippen molar-refractivity contribution in [1.82, 2.24) is 5.32 Å². The molecule has 2 bridgehead atoms. The second-order valence-electron chi connectivity index (χ2n) is 6.15. The van der Waals surface area contributed by atoms with Gasteiger partial charge in [0.25, 0.3) is 0 Å². The minimum atomic E-state index is -0.836. The maximum Gasteiger partial charge on any atom is 0.307 e. The summed E-state index contributed by atoms with van der Waals surface area (Å²) in [4.78, 5) is 24.0. The first-order valence-corrected chi connectivity index (χ1v) is 7.50. The molecule has 0 aromatic heterocycles. The summed E-state index contributed by atoms with van der Waals surface area (Å²) in [7, 11) is 0. The van der Waals surface area contributed by atoms with Crippen LogP contribution in [0.2, 0.25) is 0 Å². The van der Waals surface area contributed by atoms with Crippen molar-refractivity contribution in [3.05, 3.63) is 0 Å². The molecule has 0 spiro atoms. The minimum absolute atomic E-state index is 0.161. The first-order chi connectivity index (χ1) is 9.48. The molecule has 1 amide bonds. The lowest BCUT2D eigenvalue weighted by Gasteiger charge is -2.33. The maximum absolute atomic E-state index is 12.6. The molecule has 0 aliphatic heterocycles. The van der Waals surface area contributed by atoms with E-state index < -0.39 is 23.3 Å². The number of rotatable bonds is 5. The predicted octanol–water partition coefficient (Wildman–Crippen LogP) is 2.04. The van der Waals surface area contributed by atoms with Crippen molar-refractivity contribution in [2.45, 2.75) is 51.5 Å². The van der Waals surface area contributed by atoms with Crippen molar-refractivity contribution in [3.8, 4) is 12.3 Å². The number of hydrogen-bond acceptors (Lipinski definition) is 2. The van der Waals surface area contributed by atoms with Gasteiger partial charge in [0, 0.05) is 0 Å². The lowest BCUT2D eigenvalue weighted by Crippen LogP contribution is -2.51.